The number of halogens is 1. The van der Waals surface area contributed by atoms with Crippen LogP contribution >= 0.6 is 27.3 Å². The third-order valence-electron chi connectivity index (χ3n) is 3.11. The minimum absolute atomic E-state index is 0.221. The highest BCUT2D eigenvalue weighted by Gasteiger charge is 2.22. The van der Waals surface area contributed by atoms with Crippen LogP contribution in [0.2, 0.25) is 0 Å². The molecule has 1 heterocycles. The number of aromatic nitrogens is 1. The predicted molar refractivity (Wildman–Crippen MR) is 92.7 cm³/mol. The second kappa shape index (κ2) is 7.70. The van der Waals surface area contributed by atoms with Gasteiger partial charge in [-0.2, -0.15) is 0 Å². The van der Waals surface area contributed by atoms with E-state index < -0.39 is 5.97 Å². The van der Waals surface area contributed by atoms with Gasteiger partial charge in [-0.25, -0.2) is 4.98 Å². The molecule has 1 N–H and O–H groups in total. The van der Waals surface area contributed by atoms with E-state index in [-0.39, 0.29) is 24.9 Å². The lowest BCUT2D eigenvalue weighted by molar-refractivity contribution is -0.137. The number of aliphatic carboxylic acids is 1. The lowest BCUT2D eigenvalue weighted by atomic mass is 10.2. The molecule has 1 aromatic heterocycles. The average Bonchev–Trinajstić information content (AvgIpc) is 2.95. The van der Waals surface area contributed by atoms with Crippen LogP contribution in [0.25, 0.3) is 0 Å². The Morgan fingerprint density at radius 1 is 1.39 bits per heavy atom. The SMILES string of the molecule is CC(C)c1nc(C(=O)N(CC(=O)O)Cc2cccc(Br)c2)cs1. The summed E-state index contributed by atoms with van der Waals surface area (Å²) in [7, 11) is 0. The molecule has 0 aliphatic carbocycles. The van der Waals surface area contributed by atoms with E-state index in [1.165, 1.54) is 16.2 Å². The topological polar surface area (TPSA) is 70.5 Å². The molecule has 2 aromatic rings. The first-order valence-electron chi connectivity index (χ1n) is 7.07. The Bertz CT molecular complexity index is 715. The Hall–Kier alpha value is -1.73. The monoisotopic (exact) mass is 396 g/mol. The van der Waals surface area contributed by atoms with Crippen LogP contribution in [0.4, 0.5) is 0 Å². The van der Waals surface area contributed by atoms with E-state index in [0.29, 0.717) is 5.69 Å². The number of rotatable bonds is 6. The summed E-state index contributed by atoms with van der Waals surface area (Å²) in [6.07, 6.45) is 0. The quantitative estimate of drug-likeness (QED) is 0.806. The fourth-order valence-electron chi connectivity index (χ4n) is 2.03. The van der Waals surface area contributed by atoms with Crippen LogP contribution in [-0.2, 0) is 11.3 Å². The number of carboxylic acids is 1. The Kier molecular flexibility index (Phi) is 5.90. The summed E-state index contributed by atoms with van der Waals surface area (Å²) in [6, 6.07) is 7.45. The molecular formula is C16H17BrN2O3S. The van der Waals surface area contributed by atoms with Crippen molar-refractivity contribution in [3.05, 3.63) is 50.4 Å². The van der Waals surface area contributed by atoms with Crippen molar-refractivity contribution in [3.63, 3.8) is 0 Å². The van der Waals surface area contributed by atoms with Crippen LogP contribution < -0.4 is 0 Å². The van der Waals surface area contributed by atoms with E-state index in [1.807, 2.05) is 38.1 Å². The van der Waals surface area contributed by atoms with E-state index in [0.717, 1.165) is 15.0 Å². The molecule has 0 unspecified atom stereocenters. The number of carboxylic acid groups (broad SMARTS) is 1. The van der Waals surface area contributed by atoms with Gasteiger partial charge in [0.25, 0.3) is 5.91 Å². The second-order valence-corrected chi connectivity index (χ2v) is 7.22. The maximum Gasteiger partial charge on any atom is 0.323 e. The third-order valence-corrected chi connectivity index (χ3v) is 4.75. The van der Waals surface area contributed by atoms with Crippen LogP contribution in [0.3, 0.4) is 0 Å². The van der Waals surface area contributed by atoms with Crippen molar-refractivity contribution in [1.82, 2.24) is 9.88 Å². The number of carbonyl (C=O) groups is 2. The summed E-state index contributed by atoms with van der Waals surface area (Å²) in [4.78, 5) is 29.3. The summed E-state index contributed by atoms with van der Waals surface area (Å²) < 4.78 is 0.883. The summed E-state index contributed by atoms with van der Waals surface area (Å²) in [5.41, 5.74) is 1.16. The second-order valence-electron chi connectivity index (χ2n) is 5.41. The fourth-order valence-corrected chi connectivity index (χ4v) is 3.29. The van der Waals surface area contributed by atoms with Gasteiger partial charge in [0.15, 0.2) is 0 Å². The normalized spacial score (nSPS) is 10.8. The van der Waals surface area contributed by atoms with Gasteiger partial charge in [0, 0.05) is 22.3 Å². The minimum Gasteiger partial charge on any atom is -0.480 e. The van der Waals surface area contributed by atoms with Crippen molar-refractivity contribution in [3.8, 4) is 0 Å². The molecule has 0 radical (unpaired) electrons. The van der Waals surface area contributed by atoms with Gasteiger partial charge in [0.2, 0.25) is 0 Å². The zero-order chi connectivity index (χ0) is 17.0. The molecular weight excluding hydrogens is 380 g/mol. The number of carbonyl (C=O) groups excluding carboxylic acids is 1. The number of hydrogen-bond donors (Lipinski definition) is 1. The maximum absolute atomic E-state index is 12.6. The van der Waals surface area contributed by atoms with Crippen molar-refractivity contribution in [2.45, 2.75) is 26.3 Å². The molecule has 0 saturated carbocycles. The van der Waals surface area contributed by atoms with Crippen molar-refractivity contribution < 1.29 is 14.7 Å². The molecule has 122 valence electrons. The van der Waals surface area contributed by atoms with Gasteiger partial charge < -0.3 is 10.0 Å². The van der Waals surface area contributed by atoms with Crippen LogP contribution in [0.5, 0.6) is 0 Å². The van der Waals surface area contributed by atoms with Crippen molar-refractivity contribution in [1.29, 1.82) is 0 Å². The fraction of sp³-hybridized carbons (Fsp3) is 0.312. The van der Waals surface area contributed by atoms with Gasteiger partial charge in [0.05, 0.1) is 5.01 Å². The molecule has 2 rings (SSSR count). The van der Waals surface area contributed by atoms with E-state index in [4.69, 9.17) is 5.11 Å². The van der Waals surface area contributed by atoms with E-state index in [1.54, 1.807) is 5.38 Å². The molecule has 23 heavy (non-hydrogen) atoms. The maximum atomic E-state index is 12.6. The van der Waals surface area contributed by atoms with Crippen LogP contribution in [0, 0.1) is 0 Å². The average molecular weight is 397 g/mol. The first-order valence-corrected chi connectivity index (χ1v) is 8.75. The highest BCUT2D eigenvalue weighted by Crippen LogP contribution is 2.21. The van der Waals surface area contributed by atoms with Crippen LogP contribution in [0.1, 0.15) is 40.8 Å². The van der Waals surface area contributed by atoms with Crippen LogP contribution in [-0.4, -0.2) is 33.4 Å². The Labute approximate surface area is 147 Å². The summed E-state index contributed by atoms with van der Waals surface area (Å²) in [5, 5.41) is 11.6. The molecule has 0 bridgehead atoms. The van der Waals surface area contributed by atoms with Gasteiger partial charge in [-0.3, -0.25) is 9.59 Å². The first kappa shape index (κ1) is 17.6. The predicted octanol–water partition coefficient (Wildman–Crippen LogP) is 3.76. The van der Waals surface area contributed by atoms with E-state index >= 15 is 0 Å². The van der Waals surface area contributed by atoms with Gasteiger partial charge in [-0.05, 0) is 17.7 Å². The molecule has 0 saturated heterocycles. The van der Waals surface area contributed by atoms with Crippen molar-refractivity contribution in [2.24, 2.45) is 0 Å². The largest absolute Gasteiger partial charge is 0.480 e. The number of hydrogen-bond acceptors (Lipinski definition) is 4. The Morgan fingerprint density at radius 3 is 2.70 bits per heavy atom. The molecule has 1 amide bonds. The lowest BCUT2D eigenvalue weighted by Gasteiger charge is -2.20. The van der Waals surface area contributed by atoms with E-state index in [2.05, 4.69) is 20.9 Å². The van der Waals surface area contributed by atoms with Crippen molar-refractivity contribution >= 4 is 39.1 Å². The highest BCUT2D eigenvalue weighted by atomic mass is 79.9. The smallest absolute Gasteiger partial charge is 0.323 e. The number of amides is 1. The first-order chi connectivity index (χ1) is 10.9. The molecule has 0 atom stereocenters. The van der Waals surface area contributed by atoms with Gasteiger partial charge in [-0.15, -0.1) is 11.3 Å². The van der Waals surface area contributed by atoms with Crippen LogP contribution in [0.15, 0.2) is 34.1 Å². The molecule has 0 aliphatic heterocycles. The molecule has 5 nitrogen and oxygen atoms in total. The Balaban J connectivity index is 2.22. The minimum atomic E-state index is -1.05. The number of benzene rings is 1. The molecule has 0 spiro atoms. The summed E-state index contributed by atoms with van der Waals surface area (Å²) in [6.45, 7) is 3.87. The number of thiazole rings is 1. The number of nitrogens with zero attached hydrogens (tertiary/aromatic N) is 2. The lowest BCUT2D eigenvalue weighted by Crippen LogP contribution is -2.35. The zero-order valence-corrected chi connectivity index (χ0v) is 15.2. The highest BCUT2D eigenvalue weighted by molar-refractivity contribution is 9.10. The van der Waals surface area contributed by atoms with E-state index in [9.17, 15) is 9.59 Å². The summed E-state index contributed by atoms with van der Waals surface area (Å²) in [5.74, 6) is -1.18. The van der Waals surface area contributed by atoms with Gasteiger partial charge in [-0.1, -0.05) is 41.9 Å². The molecule has 1 aromatic carbocycles. The molecule has 0 fully saturated rings. The molecule has 0 aliphatic rings. The van der Waals surface area contributed by atoms with Gasteiger partial charge in [0.1, 0.15) is 12.2 Å². The Morgan fingerprint density at radius 2 is 2.13 bits per heavy atom. The zero-order valence-electron chi connectivity index (χ0n) is 12.8. The van der Waals surface area contributed by atoms with Crippen molar-refractivity contribution in [2.75, 3.05) is 6.54 Å². The van der Waals surface area contributed by atoms with Gasteiger partial charge >= 0.3 is 5.97 Å². The molecule has 7 heteroatoms. The summed E-state index contributed by atoms with van der Waals surface area (Å²) >= 11 is 4.79. The standard InChI is InChI=1S/C16H17BrN2O3S/c1-10(2)15-18-13(9-23-15)16(22)19(8-14(20)21)7-11-4-3-5-12(17)6-11/h3-6,9-10H,7-8H2,1-2H3,(H,20,21). The third kappa shape index (κ3) is 4.87.